The third-order valence-electron chi connectivity index (χ3n) is 3.33. The van der Waals surface area contributed by atoms with Gasteiger partial charge in [-0.05, 0) is 55.5 Å². The lowest BCUT2D eigenvalue weighted by Crippen LogP contribution is -2.37. The molecule has 0 bridgehead atoms. The Hall–Kier alpha value is -2.64. The number of ether oxygens (including phenoxy) is 1. The van der Waals surface area contributed by atoms with Gasteiger partial charge in [-0.15, -0.1) is 0 Å². The number of carbonyl (C=O) groups is 2. The standard InChI is InChI=1S/C18H17ClN2O4S/c1-11(10-25-18(26)21-13-8-6-12(19)7-9-13)20-16(22)14-4-2-3-5-15(14)17(23)24/h2-9,11H,10H2,1H3,(H,20,22)(H,21,26)(H,23,24)/t11-/m1/s1. The van der Waals surface area contributed by atoms with Crippen molar-refractivity contribution in [2.24, 2.45) is 0 Å². The van der Waals surface area contributed by atoms with Crippen LogP contribution in [0.25, 0.3) is 0 Å². The van der Waals surface area contributed by atoms with Gasteiger partial charge in [-0.25, -0.2) is 4.79 Å². The van der Waals surface area contributed by atoms with E-state index in [2.05, 4.69) is 10.6 Å². The average molecular weight is 393 g/mol. The fourth-order valence-corrected chi connectivity index (χ4v) is 2.41. The number of amides is 1. The summed E-state index contributed by atoms with van der Waals surface area (Å²) in [6, 6.07) is 12.6. The predicted molar refractivity (Wildman–Crippen MR) is 104 cm³/mol. The Balaban J connectivity index is 1.85. The largest absolute Gasteiger partial charge is 0.478 e. The molecular weight excluding hydrogens is 376 g/mol. The zero-order chi connectivity index (χ0) is 19.1. The van der Waals surface area contributed by atoms with E-state index < -0.39 is 11.9 Å². The SMILES string of the molecule is C[C@H](COC(=S)Nc1ccc(Cl)cc1)NC(=O)c1ccccc1C(=O)O. The number of hydrogen-bond donors (Lipinski definition) is 3. The van der Waals surface area contributed by atoms with Gasteiger partial charge in [0.2, 0.25) is 0 Å². The molecular formula is C18H17ClN2O4S. The molecule has 1 atom stereocenters. The molecule has 0 aliphatic rings. The average Bonchev–Trinajstić information content (AvgIpc) is 2.62. The Morgan fingerprint density at radius 1 is 1.15 bits per heavy atom. The molecule has 1 amide bonds. The highest BCUT2D eigenvalue weighted by Crippen LogP contribution is 2.13. The van der Waals surface area contributed by atoms with Crippen LogP contribution >= 0.6 is 23.8 Å². The summed E-state index contributed by atoms with van der Waals surface area (Å²) in [5.74, 6) is -1.65. The van der Waals surface area contributed by atoms with Crippen molar-refractivity contribution >= 4 is 46.6 Å². The Morgan fingerprint density at radius 3 is 2.38 bits per heavy atom. The molecule has 0 aliphatic heterocycles. The number of halogens is 1. The molecule has 0 saturated heterocycles. The topological polar surface area (TPSA) is 87.7 Å². The third-order valence-corrected chi connectivity index (χ3v) is 3.81. The van der Waals surface area contributed by atoms with Gasteiger partial charge in [0, 0.05) is 10.7 Å². The summed E-state index contributed by atoms with van der Waals surface area (Å²) in [4.78, 5) is 23.4. The molecule has 0 aliphatic carbocycles. The van der Waals surface area contributed by atoms with Crippen LogP contribution in [-0.2, 0) is 4.74 Å². The first-order chi connectivity index (χ1) is 12.4. The second-order valence-electron chi connectivity index (χ2n) is 5.46. The van der Waals surface area contributed by atoms with Crippen LogP contribution in [0.1, 0.15) is 27.6 Å². The molecule has 2 aromatic rings. The minimum absolute atomic E-state index is 0.0574. The van der Waals surface area contributed by atoms with Crippen molar-refractivity contribution in [2.45, 2.75) is 13.0 Å². The number of nitrogens with one attached hydrogen (secondary N) is 2. The van der Waals surface area contributed by atoms with E-state index in [1.54, 1.807) is 43.3 Å². The van der Waals surface area contributed by atoms with E-state index in [0.717, 1.165) is 5.69 Å². The molecule has 0 heterocycles. The molecule has 0 unspecified atom stereocenters. The van der Waals surface area contributed by atoms with Crippen molar-refractivity contribution in [3.8, 4) is 0 Å². The summed E-state index contributed by atoms with van der Waals surface area (Å²) >= 11 is 10.9. The molecule has 6 nitrogen and oxygen atoms in total. The Kier molecular flexibility index (Phi) is 6.94. The fourth-order valence-electron chi connectivity index (χ4n) is 2.10. The summed E-state index contributed by atoms with van der Waals surface area (Å²) in [5, 5.41) is 15.5. The van der Waals surface area contributed by atoms with Crippen molar-refractivity contribution in [2.75, 3.05) is 11.9 Å². The van der Waals surface area contributed by atoms with Gasteiger partial charge < -0.3 is 20.5 Å². The molecule has 2 rings (SSSR count). The number of thiocarbonyl (C=S) groups is 1. The van der Waals surface area contributed by atoms with Crippen LogP contribution in [0.15, 0.2) is 48.5 Å². The van der Waals surface area contributed by atoms with Gasteiger partial charge in [0.1, 0.15) is 6.61 Å². The third kappa shape index (κ3) is 5.72. The highest BCUT2D eigenvalue weighted by molar-refractivity contribution is 7.80. The minimum Gasteiger partial charge on any atom is -0.478 e. The molecule has 0 radical (unpaired) electrons. The molecule has 136 valence electrons. The summed E-state index contributed by atoms with van der Waals surface area (Å²) in [5.41, 5.74) is 0.762. The smallest absolute Gasteiger partial charge is 0.336 e. The Bertz CT molecular complexity index is 811. The van der Waals surface area contributed by atoms with E-state index in [1.165, 1.54) is 12.1 Å². The molecule has 8 heteroatoms. The zero-order valence-electron chi connectivity index (χ0n) is 13.9. The fraction of sp³-hybridized carbons (Fsp3) is 0.167. The molecule has 26 heavy (non-hydrogen) atoms. The summed E-state index contributed by atoms with van der Waals surface area (Å²) in [7, 11) is 0. The van der Waals surface area contributed by atoms with Gasteiger partial charge in [-0.3, -0.25) is 4.79 Å². The zero-order valence-corrected chi connectivity index (χ0v) is 15.4. The second-order valence-corrected chi connectivity index (χ2v) is 6.26. The van der Waals surface area contributed by atoms with Gasteiger partial charge in [0.15, 0.2) is 0 Å². The maximum Gasteiger partial charge on any atom is 0.336 e. The molecule has 0 spiro atoms. The lowest BCUT2D eigenvalue weighted by atomic mass is 10.1. The normalized spacial score (nSPS) is 11.3. The highest BCUT2D eigenvalue weighted by Gasteiger charge is 2.17. The van der Waals surface area contributed by atoms with Crippen molar-refractivity contribution in [1.82, 2.24) is 5.32 Å². The number of anilines is 1. The van der Waals surface area contributed by atoms with Crippen LogP contribution in [0.5, 0.6) is 0 Å². The van der Waals surface area contributed by atoms with Crippen molar-refractivity contribution in [1.29, 1.82) is 0 Å². The monoisotopic (exact) mass is 392 g/mol. The molecule has 3 N–H and O–H groups in total. The lowest BCUT2D eigenvalue weighted by Gasteiger charge is -2.16. The summed E-state index contributed by atoms with van der Waals surface area (Å²) in [6.45, 7) is 1.85. The van der Waals surface area contributed by atoms with Crippen LogP contribution < -0.4 is 10.6 Å². The summed E-state index contributed by atoms with van der Waals surface area (Å²) in [6.07, 6.45) is 0. The van der Waals surface area contributed by atoms with Gasteiger partial charge in [-0.2, -0.15) is 0 Å². The Morgan fingerprint density at radius 2 is 1.77 bits per heavy atom. The van der Waals surface area contributed by atoms with Crippen molar-refractivity contribution in [3.05, 3.63) is 64.7 Å². The van der Waals surface area contributed by atoms with Crippen LogP contribution in [0.4, 0.5) is 5.69 Å². The second kappa shape index (κ2) is 9.17. The quantitative estimate of drug-likeness (QED) is 0.651. The van der Waals surface area contributed by atoms with Gasteiger partial charge >= 0.3 is 5.97 Å². The van der Waals surface area contributed by atoms with E-state index >= 15 is 0 Å². The maximum absolute atomic E-state index is 12.3. The highest BCUT2D eigenvalue weighted by atomic mass is 35.5. The number of aromatic carboxylic acids is 1. The number of carboxylic acid groups (broad SMARTS) is 1. The predicted octanol–water partition coefficient (Wildman–Crippen LogP) is 3.57. The Labute approximate surface area is 161 Å². The first kappa shape index (κ1) is 19.7. The van der Waals surface area contributed by atoms with E-state index in [0.29, 0.717) is 5.02 Å². The van der Waals surface area contributed by atoms with E-state index in [1.807, 2.05) is 0 Å². The molecule has 0 saturated carbocycles. The molecule has 0 fully saturated rings. The molecule has 0 aromatic heterocycles. The van der Waals surface area contributed by atoms with Crippen molar-refractivity contribution in [3.63, 3.8) is 0 Å². The van der Waals surface area contributed by atoms with Crippen molar-refractivity contribution < 1.29 is 19.4 Å². The van der Waals surface area contributed by atoms with Gasteiger partial charge in [0.25, 0.3) is 11.1 Å². The van der Waals surface area contributed by atoms with Gasteiger partial charge in [-0.1, -0.05) is 23.7 Å². The van der Waals surface area contributed by atoms with Gasteiger partial charge in [0.05, 0.1) is 17.2 Å². The van der Waals surface area contributed by atoms with Crippen LogP contribution in [-0.4, -0.2) is 34.8 Å². The number of benzene rings is 2. The molecule has 2 aromatic carbocycles. The van der Waals surface area contributed by atoms with E-state index in [-0.39, 0.29) is 29.0 Å². The van der Waals surface area contributed by atoms with E-state index in [4.69, 9.17) is 33.7 Å². The lowest BCUT2D eigenvalue weighted by molar-refractivity contribution is 0.0690. The minimum atomic E-state index is -1.16. The number of hydrogen-bond acceptors (Lipinski definition) is 4. The first-order valence-corrected chi connectivity index (χ1v) is 8.48. The number of rotatable bonds is 6. The van der Waals surface area contributed by atoms with Crippen LogP contribution in [0.3, 0.4) is 0 Å². The first-order valence-electron chi connectivity index (χ1n) is 7.69. The summed E-state index contributed by atoms with van der Waals surface area (Å²) < 4.78 is 5.41. The maximum atomic E-state index is 12.3. The van der Waals surface area contributed by atoms with Crippen LogP contribution in [0, 0.1) is 0 Å². The number of carboxylic acids is 1. The van der Waals surface area contributed by atoms with E-state index in [9.17, 15) is 9.59 Å². The number of carbonyl (C=O) groups excluding carboxylic acids is 1. The van der Waals surface area contributed by atoms with Crippen LogP contribution in [0.2, 0.25) is 5.02 Å².